The number of anilines is 2. The second-order valence-electron chi connectivity index (χ2n) is 4.07. The van der Waals surface area contributed by atoms with Crippen molar-refractivity contribution in [3.05, 3.63) is 56.5 Å². The first-order valence-electron chi connectivity index (χ1n) is 5.79. The molecule has 0 bridgehead atoms. The van der Waals surface area contributed by atoms with Gasteiger partial charge in [0.25, 0.3) is 0 Å². The first kappa shape index (κ1) is 21.4. The molecule has 6 nitrogen and oxygen atoms in total. The molecule has 2 rings (SSSR count). The maximum Gasteiger partial charge on any atom is 0.337 e. The molecule has 6 N–H and O–H groups in total. The zero-order chi connectivity index (χ0) is 16.9. The number of nitrogens with two attached hydrogens (primary N) is 2. The summed E-state index contributed by atoms with van der Waals surface area (Å²) >= 11 is 6.29. The van der Waals surface area contributed by atoms with E-state index in [1.165, 1.54) is 12.1 Å². The van der Waals surface area contributed by atoms with Crippen LogP contribution in [-0.2, 0) is 16.8 Å². The van der Waals surface area contributed by atoms with E-state index < -0.39 is 11.9 Å². The average molecular weight is 491 g/mol. The normalized spacial score (nSPS) is 9.13. The third-order valence-electron chi connectivity index (χ3n) is 2.49. The molecule has 2 aromatic carbocycles. The molecule has 0 aromatic heterocycles. The van der Waals surface area contributed by atoms with Crippen LogP contribution in [0.5, 0.6) is 0 Å². The number of carboxylic acid groups (broad SMARTS) is 2. The standard InChI is InChI=1S/2C7H6BrNO2.Co/c2*8-4-1-2-6(9)5(3-4)7(10)11;/h2*1-3H,9H2,(H,10,11);. The second-order valence-corrected chi connectivity index (χ2v) is 5.90. The van der Waals surface area contributed by atoms with Gasteiger partial charge in [0.1, 0.15) is 0 Å². The molecule has 1 radical (unpaired) electrons. The average Bonchev–Trinajstić information content (AvgIpc) is 2.44. The van der Waals surface area contributed by atoms with Crippen molar-refractivity contribution in [2.24, 2.45) is 0 Å². The molecule has 23 heavy (non-hydrogen) atoms. The van der Waals surface area contributed by atoms with Crippen molar-refractivity contribution in [1.29, 1.82) is 0 Å². The Kier molecular flexibility index (Phi) is 8.91. The zero-order valence-corrected chi connectivity index (χ0v) is 15.6. The topological polar surface area (TPSA) is 127 Å². The van der Waals surface area contributed by atoms with Crippen molar-refractivity contribution in [2.45, 2.75) is 0 Å². The Morgan fingerprint density at radius 3 is 1.30 bits per heavy atom. The van der Waals surface area contributed by atoms with Crippen molar-refractivity contribution in [3.63, 3.8) is 0 Å². The second kappa shape index (κ2) is 9.56. The predicted octanol–water partition coefficient (Wildman–Crippen LogP) is 3.46. The fraction of sp³-hybridized carbons (Fsp3) is 0. The Labute approximate surface area is 159 Å². The molecule has 0 spiro atoms. The van der Waals surface area contributed by atoms with E-state index in [0.717, 1.165) is 0 Å². The van der Waals surface area contributed by atoms with Crippen molar-refractivity contribution in [2.75, 3.05) is 11.5 Å². The summed E-state index contributed by atoms with van der Waals surface area (Å²) in [5.41, 5.74) is 11.6. The molecule has 0 aliphatic carbocycles. The van der Waals surface area contributed by atoms with E-state index in [0.29, 0.717) is 8.95 Å². The summed E-state index contributed by atoms with van der Waals surface area (Å²) in [4.78, 5) is 20.9. The summed E-state index contributed by atoms with van der Waals surface area (Å²) in [6.07, 6.45) is 0. The number of carbonyl (C=O) groups is 2. The van der Waals surface area contributed by atoms with Gasteiger partial charge < -0.3 is 21.7 Å². The van der Waals surface area contributed by atoms with Gasteiger partial charge in [-0.2, -0.15) is 0 Å². The van der Waals surface area contributed by atoms with Crippen LogP contribution in [0.25, 0.3) is 0 Å². The van der Waals surface area contributed by atoms with Crippen LogP contribution in [0, 0.1) is 0 Å². The summed E-state index contributed by atoms with van der Waals surface area (Å²) in [6, 6.07) is 9.43. The van der Waals surface area contributed by atoms with E-state index in [-0.39, 0.29) is 39.3 Å². The molecule has 2 aromatic rings. The number of halogens is 2. The van der Waals surface area contributed by atoms with Crippen LogP contribution in [0.1, 0.15) is 20.7 Å². The number of carboxylic acids is 2. The maximum atomic E-state index is 10.5. The summed E-state index contributed by atoms with van der Waals surface area (Å²) in [5, 5.41) is 17.2. The molecule has 0 heterocycles. The van der Waals surface area contributed by atoms with E-state index in [9.17, 15) is 9.59 Å². The molecule has 0 amide bonds. The Morgan fingerprint density at radius 2 is 1.09 bits per heavy atom. The van der Waals surface area contributed by atoms with Crippen LogP contribution in [0.15, 0.2) is 45.3 Å². The quantitative estimate of drug-likeness (QED) is 0.477. The fourth-order valence-electron chi connectivity index (χ4n) is 1.43. The number of nitrogen functional groups attached to an aromatic ring is 2. The summed E-state index contributed by atoms with van der Waals surface area (Å²) < 4.78 is 1.42. The van der Waals surface area contributed by atoms with Gasteiger partial charge in [-0.15, -0.1) is 0 Å². The minimum absolute atomic E-state index is 0. The third-order valence-corrected chi connectivity index (χ3v) is 3.48. The smallest absolute Gasteiger partial charge is 0.337 e. The van der Waals surface area contributed by atoms with Crippen LogP contribution >= 0.6 is 31.9 Å². The zero-order valence-electron chi connectivity index (χ0n) is 11.4. The molecule has 0 fully saturated rings. The summed E-state index contributed by atoms with van der Waals surface area (Å²) in [6.45, 7) is 0. The number of hydrogen-bond donors (Lipinski definition) is 4. The van der Waals surface area contributed by atoms with Gasteiger partial charge in [-0.1, -0.05) is 31.9 Å². The minimum atomic E-state index is -1.01. The molecular weight excluding hydrogens is 479 g/mol. The monoisotopic (exact) mass is 489 g/mol. The SMILES string of the molecule is Nc1ccc(Br)cc1C(=O)O.Nc1ccc(Br)cc1C(=O)O.[Co]. The molecule has 0 saturated heterocycles. The summed E-state index contributed by atoms with van der Waals surface area (Å²) in [7, 11) is 0. The Bertz CT molecular complexity index is 664. The summed E-state index contributed by atoms with van der Waals surface area (Å²) in [5.74, 6) is -2.02. The van der Waals surface area contributed by atoms with Crippen LogP contribution in [-0.4, -0.2) is 22.2 Å². The number of hydrogen-bond acceptors (Lipinski definition) is 4. The predicted molar refractivity (Wildman–Crippen MR) is 91.0 cm³/mol. The van der Waals surface area contributed by atoms with Gasteiger partial charge in [-0.3, -0.25) is 0 Å². The van der Waals surface area contributed by atoms with Gasteiger partial charge in [-0.05, 0) is 36.4 Å². The Hall–Kier alpha value is -1.55. The Balaban J connectivity index is 0.000000403. The molecule has 9 heteroatoms. The van der Waals surface area contributed by atoms with Gasteiger partial charge >= 0.3 is 11.9 Å². The van der Waals surface area contributed by atoms with Crippen molar-refractivity contribution in [3.8, 4) is 0 Å². The number of benzene rings is 2. The molecule has 0 saturated carbocycles. The van der Waals surface area contributed by atoms with Crippen LogP contribution in [0.3, 0.4) is 0 Å². The minimum Gasteiger partial charge on any atom is -0.478 e. The Morgan fingerprint density at radius 1 is 0.783 bits per heavy atom. The largest absolute Gasteiger partial charge is 0.478 e. The molecule has 0 atom stereocenters. The number of aromatic carboxylic acids is 2. The van der Waals surface area contributed by atoms with Gasteiger partial charge in [0.15, 0.2) is 0 Å². The van der Waals surface area contributed by atoms with Crippen molar-refractivity contribution >= 4 is 55.2 Å². The third kappa shape index (κ3) is 6.61. The van der Waals surface area contributed by atoms with E-state index in [2.05, 4.69) is 31.9 Å². The van der Waals surface area contributed by atoms with Gasteiger partial charge in [-0.25, -0.2) is 9.59 Å². The molecule has 0 aliphatic rings. The van der Waals surface area contributed by atoms with Gasteiger partial charge in [0.2, 0.25) is 0 Å². The van der Waals surface area contributed by atoms with E-state index in [1.807, 2.05) is 0 Å². The molecular formula is C14H12Br2CoN2O4. The first-order valence-corrected chi connectivity index (χ1v) is 7.37. The maximum absolute atomic E-state index is 10.5. The van der Waals surface area contributed by atoms with Gasteiger partial charge in [0, 0.05) is 37.1 Å². The van der Waals surface area contributed by atoms with E-state index in [1.54, 1.807) is 24.3 Å². The van der Waals surface area contributed by atoms with Crippen LogP contribution < -0.4 is 11.5 Å². The fourth-order valence-corrected chi connectivity index (χ4v) is 2.15. The van der Waals surface area contributed by atoms with Crippen molar-refractivity contribution < 1.29 is 36.6 Å². The molecule has 125 valence electrons. The van der Waals surface area contributed by atoms with E-state index >= 15 is 0 Å². The van der Waals surface area contributed by atoms with E-state index in [4.69, 9.17) is 21.7 Å². The van der Waals surface area contributed by atoms with Crippen molar-refractivity contribution in [1.82, 2.24) is 0 Å². The first-order chi connectivity index (χ1) is 10.2. The molecule has 0 unspecified atom stereocenters. The number of rotatable bonds is 2. The van der Waals surface area contributed by atoms with Crippen LogP contribution in [0.4, 0.5) is 11.4 Å². The van der Waals surface area contributed by atoms with Gasteiger partial charge in [0.05, 0.1) is 11.1 Å². The van der Waals surface area contributed by atoms with Crippen LogP contribution in [0.2, 0.25) is 0 Å². The molecule has 0 aliphatic heterocycles.